The Kier molecular flexibility index (Phi) is 4.09. The Labute approximate surface area is 140 Å². The quantitative estimate of drug-likeness (QED) is 0.921. The highest BCUT2D eigenvalue weighted by molar-refractivity contribution is 6.00. The molecule has 0 radical (unpaired) electrons. The molecule has 2 aliphatic rings. The second-order valence-corrected chi connectivity index (χ2v) is 5.87. The van der Waals surface area contributed by atoms with E-state index in [1.165, 1.54) is 4.90 Å². The van der Waals surface area contributed by atoms with Crippen LogP contribution in [0, 0.1) is 18.3 Å². The fourth-order valence-corrected chi connectivity index (χ4v) is 2.67. The lowest BCUT2D eigenvalue weighted by Crippen LogP contribution is -2.36. The number of nitrogens with zero attached hydrogens (tertiary/aromatic N) is 2. The van der Waals surface area contributed by atoms with Gasteiger partial charge < -0.3 is 10.1 Å². The summed E-state index contributed by atoms with van der Waals surface area (Å²) >= 11 is 0. The largest absolute Gasteiger partial charge is 0.442 e. The van der Waals surface area contributed by atoms with E-state index in [4.69, 9.17) is 10.00 Å². The Balaban J connectivity index is 1.61. The van der Waals surface area contributed by atoms with Gasteiger partial charge in [0.15, 0.2) is 0 Å². The third kappa shape index (κ3) is 2.88. The maximum Gasteiger partial charge on any atom is 0.414 e. The minimum atomic E-state index is -0.447. The number of anilines is 1. The minimum Gasteiger partial charge on any atom is -0.442 e. The number of amides is 2. The lowest BCUT2D eigenvalue weighted by atomic mass is 9.98. The number of nitriles is 1. The summed E-state index contributed by atoms with van der Waals surface area (Å²) < 4.78 is 5.31. The Morgan fingerprint density at radius 2 is 2.21 bits per heavy atom. The van der Waals surface area contributed by atoms with Crippen molar-refractivity contribution in [2.24, 2.45) is 0 Å². The van der Waals surface area contributed by atoms with E-state index in [2.05, 4.69) is 11.4 Å². The molecule has 1 heterocycles. The maximum absolute atomic E-state index is 12.1. The van der Waals surface area contributed by atoms with Gasteiger partial charge in [-0.3, -0.25) is 9.69 Å². The number of hydrogen-bond acceptors (Lipinski definition) is 4. The number of nitrogens with one attached hydrogen (secondary N) is 1. The van der Waals surface area contributed by atoms with Crippen molar-refractivity contribution in [1.82, 2.24) is 5.32 Å². The first-order valence-electron chi connectivity index (χ1n) is 7.65. The summed E-state index contributed by atoms with van der Waals surface area (Å²) in [5.41, 5.74) is 3.68. The van der Waals surface area contributed by atoms with Crippen LogP contribution in [0.25, 0.3) is 0 Å². The molecule has 1 aliphatic carbocycles. The molecule has 1 N–H and O–H groups in total. The van der Waals surface area contributed by atoms with Crippen LogP contribution in [0.1, 0.15) is 18.1 Å². The molecular weight excluding hydrogens is 306 g/mol. The van der Waals surface area contributed by atoms with Crippen molar-refractivity contribution in [2.45, 2.75) is 20.0 Å². The first-order chi connectivity index (χ1) is 11.5. The van der Waals surface area contributed by atoms with Gasteiger partial charge in [-0.25, -0.2) is 4.79 Å². The molecule has 3 rings (SSSR count). The van der Waals surface area contributed by atoms with Crippen LogP contribution in [0.3, 0.4) is 0 Å². The highest BCUT2D eigenvalue weighted by atomic mass is 16.6. The molecule has 6 nitrogen and oxygen atoms in total. The SMILES string of the molecule is CC1=CC=C1C(=O)NC[C@H]1CN(c2ccc(C#N)c(C)c2)C(=O)O1. The third-order valence-corrected chi connectivity index (χ3v) is 4.18. The number of rotatable bonds is 4. The van der Waals surface area contributed by atoms with Crippen LogP contribution in [-0.2, 0) is 9.53 Å². The van der Waals surface area contributed by atoms with Crippen molar-refractivity contribution >= 4 is 17.7 Å². The molecule has 2 amide bonds. The molecule has 1 fully saturated rings. The van der Waals surface area contributed by atoms with Crippen LogP contribution >= 0.6 is 0 Å². The van der Waals surface area contributed by atoms with Gasteiger partial charge in [0.05, 0.1) is 24.7 Å². The first kappa shape index (κ1) is 15.8. The standard InChI is InChI=1S/C18H17N3O3/c1-11-3-6-16(11)17(22)20-9-15-10-21(18(23)24-15)14-5-4-13(8-19)12(2)7-14/h3-7,15H,9-10H2,1-2H3,(H,20,22)/t15-/m0/s1. The molecule has 1 aliphatic heterocycles. The van der Waals surface area contributed by atoms with Gasteiger partial charge in [0, 0.05) is 11.3 Å². The minimum absolute atomic E-state index is 0.154. The first-order valence-corrected chi connectivity index (χ1v) is 7.65. The maximum atomic E-state index is 12.1. The molecule has 0 aromatic heterocycles. The molecule has 1 saturated heterocycles. The summed E-state index contributed by atoms with van der Waals surface area (Å²) in [4.78, 5) is 25.5. The number of carbonyl (C=O) groups is 2. The van der Waals surface area contributed by atoms with E-state index in [1.54, 1.807) is 24.3 Å². The average Bonchev–Trinajstić information content (AvgIpc) is 2.92. The molecule has 6 heteroatoms. The van der Waals surface area contributed by atoms with E-state index in [9.17, 15) is 9.59 Å². The van der Waals surface area contributed by atoms with Crippen LogP contribution in [0.2, 0.25) is 0 Å². The second-order valence-electron chi connectivity index (χ2n) is 5.87. The van der Waals surface area contributed by atoms with Gasteiger partial charge in [-0.05, 0) is 49.3 Å². The number of allylic oxidation sites excluding steroid dienone is 2. The van der Waals surface area contributed by atoms with Gasteiger partial charge in [-0.1, -0.05) is 6.08 Å². The summed E-state index contributed by atoms with van der Waals surface area (Å²) in [5, 5.41) is 11.8. The highest BCUT2D eigenvalue weighted by Crippen LogP contribution is 2.24. The van der Waals surface area contributed by atoms with Crippen LogP contribution in [-0.4, -0.2) is 31.2 Å². The van der Waals surface area contributed by atoms with Gasteiger partial charge in [-0.15, -0.1) is 0 Å². The molecule has 1 aromatic carbocycles. The predicted octanol–water partition coefficient (Wildman–Crippen LogP) is 2.19. The van der Waals surface area contributed by atoms with E-state index in [-0.39, 0.29) is 12.5 Å². The van der Waals surface area contributed by atoms with Gasteiger partial charge in [0.2, 0.25) is 0 Å². The Bertz CT molecular complexity index is 817. The third-order valence-electron chi connectivity index (χ3n) is 4.18. The number of carbonyl (C=O) groups excluding carboxylic acids is 2. The van der Waals surface area contributed by atoms with E-state index in [1.807, 2.05) is 19.9 Å². The smallest absolute Gasteiger partial charge is 0.414 e. The zero-order valence-corrected chi connectivity index (χ0v) is 13.5. The van der Waals surface area contributed by atoms with Crippen molar-refractivity contribution in [3.05, 3.63) is 52.6 Å². The summed E-state index contributed by atoms with van der Waals surface area (Å²) in [7, 11) is 0. The van der Waals surface area contributed by atoms with E-state index >= 15 is 0 Å². The number of cyclic esters (lactones) is 1. The molecule has 24 heavy (non-hydrogen) atoms. The second kappa shape index (κ2) is 6.20. The molecule has 0 saturated carbocycles. The molecule has 0 bridgehead atoms. The molecule has 0 unspecified atom stereocenters. The molecule has 122 valence electrons. The lowest BCUT2D eigenvalue weighted by molar-refractivity contribution is -0.117. The Morgan fingerprint density at radius 3 is 2.79 bits per heavy atom. The van der Waals surface area contributed by atoms with Crippen molar-refractivity contribution in [2.75, 3.05) is 18.0 Å². The summed E-state index contributed by atoms with van der Waals surface area (Å²) in [5.74, 6) is -0.154. The monoisotopic (exact) mass is 323 g/mol. The van der Waals surface area contributed by atoms with Gasteiger partial charge >= 0.3 is 6.09 Å². The average molecular weight is 323 g/mol. The van der Waals surface area contributed by atoms with Crippen LogP contribution < -0.4 is 10.2 Å². The normalized spacial score (nSPS) is 19.0. The Morgan fingerprint density at radius 1 is 1.42 bits per heavy atom. The van der Waals surface area contributed by atoms with Crippen molar-refractivity contribution in [1.29, 1.82) is 5.26 Å². The van der Waals surface area contributed by atoms with Gasteiger partial charge in [0.25, 0.3) is 5.91 Å². The number of aryl methyl sites for hydroxylation is 1. The number of hydrogen-bond donors (Lipinski definition) is 1. The fourth-order valence-electron chi connectivity index (χ4n) is 2.67. The summed E-state index contributed by atoms with van der Waals surface area (Å²) in [6, 6.07) is 7.29. The van der Waals surface area contributed by atoms with Crippen molar-refractivity contribution < 1.29 is 14.3 Å². The van der Waals surface area contributed by atoms with E-state index in [0.29, 0.717) is 23.4 Å². The number of ether oxygens (including phenoxy) is 1. The lowest BCUT2D eigenvalue weighted by Gasteiger charge is -2.16. The van der Waals surface area contributed by atoms with Crippen molar-refractivity contribution in [3.8, 4) is 6.07 Å². The Hall–Kier alpha value is -3.07. The van der Waals surface area contributed by atoms with E-state index in [0.717, 1.165) is 11.1 Å². The van der Waals surface area contributed by atoms with E-state index < -0.39 is 12.2 Å². The topological polar surface area (TPSA) is 82.4 Å². The van der Waals surface area contributed by atoms with Crippen molar-refractivity contribution in [3.63, 3.8) is 0 Å². The molecule has 0 spiro atoms. The molecule has 1 aromatic rings. The predicted molar refractivity (Wildman–Crippen MR) is 88.4 cm³/mol. The number of benzene rings is 1. The summed E-state index contributed by atoms with van der Waals surface area (Å²) in [6.45, 7) is 4.32. The molecular formula is C18H17N3O3. The fraction of sp³-hybridized carbons (Fsp3) is 0.278. The summed E-state index contributed by atoms with van der Waals surface area (Å²) in [6.07, 6.45) is 2.79. The zero-order valence-electron chi connectivity index (χ0n) is 13.5. The van der Waals surface area contributed by atoms with Gasteiger partial charge in [-0.2, -0.15) is 5.26 Å². The van der Waals surface area contributed by atoms with Crippen LogP contribution in [0.15, 0.2) is 41.5 Å². The highest BCUT2D eigenvalue weighted by Gasteiger charge is 2.33. The zero-order chi connectivity index (χ0) is 17.3. The molecule has 1 atom stereocenters. The van der Waals surface area contributed by atoms with Crippen LogP contribution in [0.5, 0.6) is 0 Å². The van der Waals surface area contributed by atoms with Gasteiger partial charge in [0.1, 0.15) is 6.10 Å². The van der Waals surface area contributed by atoms with Crippen LogP contribution in [0.4, 0.5) is 10.5 Å².